The number of nitrogens with zero attached hydrogens (tertiary/aromatic N) is 1. The molecule has 92 valence electrons. The molecule has 1 rings (SSSR count). The van der Waals surface area contributed by atoms with Crippen LogP contribution in [0.2, 0.25) is 0 Å². The molecule has 6 heteroatoms. The molecular formula is C11H10F3NO2. The zero-order valence-corrected chi connectivity index (χ0v) is 8.83. The minimum Gasteiger partial charge on any atom is -0.491 e. The molecule has 17 heavy (non-hydrogen) atoms. The number of benzene rings is 1. The van der Waals surface area contributed by atoms with Crippen molar-refractivity contribution in [1.82, 2.24) is 0 Å². The maximum atomic E-state index is 11.7. The van der Waals surface area contributed by atoms with Crippen LogP contribution >= 0.6 is 0 Å². The highest BCUT2D eigenvalue weighted by Crippen LogP contribution is 2.14. The van der Waals surface area contributed by atoms with Crippen LogP contribution in [0.15, 0.2) is 24.3 Å². The molecule has 0 N–H and O–H groups in total. The zero-order valence-electron chi connectivity index (χ0n) is 8.83. The average molecular weight is 245 g/mol. The normalized spacial score (nSPS) is 10.9. The molecule has 0 fully saturated rings. The highest BCUT2D eigenvalue weighted by atomic mass is 19.4. The lowest BCUT2D eigenvalue weighted by molar-refractivity contribution is -0.175. The molecule has 1 aromatic carbocycles. The first-order valence-electron chi connectivity index (χ1n) is 4.79. The lowest BCUT2D eigenvalue weighted by atomic mass is 10.2. The molecule has 0 atom stereocenters. The van der Waals surface area contributed by atoms with E-state index in [1.54, 1.807) is 24.3 Å². The molecule has 0 saturated heterocycles. The summed E-state index contributed by atoms with van der Waals surface area (Å²) in [5.74, 6) is 0.486. The first-order valence-corrected chi connectivity index (χ1v) is 4.79. The third-order valence-corrected chi connectivity index (χ3v) is 1.75. The van der Waals surface area contributed by atoms with E-state index in [-0.39, 0.29) is 13.2 Å². The summed E-state index contributed by atoms with van der Waals surface area (Å²) in [6, 6.07) is 8.21. The van der Waals surface area contributed by atoms with Gasteiger partial charge in [-0.1, -0.05) is 0 Å². The van der Waals surface area contributed by atoms with E-state index in [9.17, 15) is 13.2 Å². The molecule has 0 saturated carbocycles. The predicted molar refractivity (Wildman–Crippen MR) is 53.5 cm³/mol. The second kappa shape index (κ2) is 6.11. The minimum atomic E-state index is -4.31. The van der Waals surface area contributed by atoms with Gasteiger partial charge in [0.2, 0.25) is 0 Å². The predicted octanol–water partition coefficient (Wildman–Crippen LogP) is 2.52. The SMILES string of the molecule is N#Cc1ccc(OCCOCC(F)(F)F)cc1. The van der Waals surface area contributed by atoms with Gasteiger partial charge in [0, 0.05) is 0 Å². The van der Waals surface area contributed by atoms with Gasteiger partial charge in [0.15, 0.2) is 0 Å². The first kappa shape index (κ1) is 13.3. The summed E-state index contributed by atoms with van der Waals surface area (Å²) in [7, 11) is 0. The van der Waals surface area contributed by atoms with Crippen molar-refractivity contribution in [1.29, 1.82) is 5.26 Å². The summed E-state index contributed by atoms with van der Waals surface area (Å²) in [6.45, 7) is -1.38. The molecule has 0 unspecified atom stereocenters. The molecule has 0 aromatic heterocycles. The summed E-state index contributed by atoms with van der Waals surface area (Å²) < 4.78 is 44.6. The van der Waals surface area contributed by atoms with Crippen molar-refractivity contribution in [3.63, 3.8) is 0 Å². The minimum absolute atomic E-state index is 0.0297. The molecular weight excluding hydrogens is 235 g/mol. The topological polar surface area (TPSA) is 42.2 Å². The fourth-order valence-electron chi connectivity index (χ4n) is 1.03. The fraction of sp³-hybridized carbons (Fsp3) is 0.364. The standard InChI is InChI=1S/C11H10F3NO2/c12-11(13,14)8-16-5-6-17-10-3-1-9(7-15)2-4-10/h1-4H,5-6,8H2. The molecule has 1 aromatic rings. The molecule has 0 aliphatic rings. The van der Waals surface area contributed by atoms with E-state index in [2.05, 4.69) is 4.74 Å². The molecule has 0 aliphatic heterocycles. The summed E-state index contributed by atoms with van der Waals surface area (Å²) in [5, 5.41) is 8.53. The molecule has 3 nitrogen and oxygen atoms in total. The maximum absolute atomic E-state index is 11.7. The molecule has 0 aliphatic carbocycles. The zero-order chi connectivity index (χ0) is 12.7. The largest absolute Gasteiger partial charge is 0.491 e. The van der Waals surface area contributed by atoms with Gasteiger partial charge in [0.05, 0.1) is 18.2 Å². The number of rotatable bonds is 5. The van der Waals surface area contributed by atoms with Crippen LogP contribution < -0.4 is 4.74 Å². The van der Waals surface area contributed by atoms with Gasteiger partial charge in [-0.15, -0.1) is 0 Å². The maximum Gasteiger partial charge on any atom is 0.411 e. The summed E-state index contributed by atoms with van der Waals surface area (Å²) >= 11 is 0. The van der Waals surface area contributed by atoms with E-state index in [0.29, 0.717) is 11.3 Å². The summed E-state index contributed by atoms with van der Waals surface area (Å²) in [6.07, 6.45) is -4.31. The first-order chi connectivity index (χ1) is 8.01. The van der Waals surface area contributed by atoms with Crippen LogP contribution in [0, 0.1) is 11.3 Å². The van der Waals surface area contributed by atoms with Gasteiger partial charge < -0.3 is 9.47 Å². The van der Waals surface area contributed by atoms with Crippen molar-refractivity contribution >= 4 is 0 Å². The lowest BCUT2D eigenvalue weighted by Gasteiger charge is -2.08. The monoisotopic (exact) mass is 245 g/mol. The van der Waals surface area contributed by atoms with E-state index in [1.807, 2.05) is 6.07 Å². The summed E-state index contributed by atoms with van der Waals surface area (Å²) in [5.41, 5.74) is 0.491. The van der Waals surface area contributed by atoms with Gasteiger partial charge in [0.1, 0.15) is 19.0 Å². The number of alkyl halides is 3. The molecule has 0 radical (unpaired) electrons. The van der Waals surface area contributed by atoms with Crippen molar-refractivity contribution in [3.8, 4) is 11.8 Å². The number of ether oxygens (including phenoxy) is 2. The number of nitriles is 1. The van der Waals surface area contributed by atoms with Crippen molar-refractivity contribution in [2.75, 3.05) is 19.8 Å². The Balaban J connectivity index is 2.20. The third-order valence-electron chi connectivity index (χ3n) is 1.75. The van der Waals surface area contributed by atoms with Gasteiger partial charge >= 0.3 is 6.18 Å². The second-order valence-corrected chi connectivity index (χ2v) is 3.15. The number of halogens is 3. The van der Waals surface area contributed by atoms with E-state index < -0.39 is 12.8 Å². The molecule has 0 bridgehead atoms. The Hall–Kier alpha value is -1.74. The van der Waals surface area contributed by atoms with Crippen molar-refractivity contribution in [2.45, 2.75) is 6.18 Å². The average Bonchev–Trinajstić information content (AvgIpc) is 2.28. The Bertz CT molecular complexity index is 381. The molecule has 0 spiro atoms. The van der Waals surface area contributed by atoms with Crippen molar-refractivity contribution in [3.05, 3.63) is 29.8 Å². The Kier molecular flexibility index (Phi) is 4.79. The Morgan fingerprint density at radius 1 is 1.12 bits per heavy atom. The van der Waals surface area contributed by atoms with Gasteiger partial charge in [-0.05, 0) is 24.3 Å². The molecule has 0 heterocycles. The molecule has 0 amide bonds. The van der Waals surface area contributed by atoms with Crippen LogP contribution in [0.1, 0.15) is 5.56 Å². The van der Waals surface area contributed by atoms with Gasteiger partial charge in [-0.2, -0.15) is 18.4 Å². The van der Waals surface area contributed by atoms with Crippen LogP contribution in [0.5, 0.6) is 5.75 Å². The smallest absolute Gasteiger partial charge is 0.411 e. The van der Waals surface area contributed by atoms with E-state index >= 15 is 0 Å². The number of hydrogen-bond donors (Lipinski definition) is 0. The second-order valence-electron chi connectivity index (χ2n) is 3.15. The van der Waals surface area contributed by atoms with Crippen molar-refractivity contribution in [2.24, 2.45) is 0 Å². The highest BCUT2D eigenvalue weighted by molar-refractivity contribution is 5.34. The van der Waals surface area contributed by atoms with Gasteiger partial charge in [0.25, 0.3) is 0 Å². The van der Waals surface area contributed by atoms with Crippen LogP contribution in [-0.2, 0) is 4.74 Å². The van der Waals surface area contributed by atoms with Crippen LogP contribution in [-0.4, -0.2) is 26.0 Å². The highest BCUT2D eigenvalue weighted by Gasteiger charge is 2.27. The Labute approximate surface area is 96.4 Å². The third kappa shape index (κ3) is 5.78. The quantitative estimate of drug-likeness (QED) is 0.748. The van der Waals surface area contributed by atoms with E-state index in [4.69, 9.17) is 10.00 Å². The van der Waals surface area contributed by atoms with Gasteiger partial charge in [-0.25, -0.2) is 0 Å². The fourth-order valence-corrected chi connectivity index (χ4v) is 1.03. The van der Waals surface area contributed by atoms with Crippen molar-refractivity contribution < 1.29 is 22.6 Å². The Morgan fingerprint density at radius 3 is 2.29 bits per heavy atom. The lowest BCUT2D eigenvalue weighted by Crippen LogP contribution is -2.19. The van der Waals surface area contributed by atoms with Crippen LogP contribution in [0.4, 0.5) is 13.2 Å². The van der Waals surface area contributed by atoms with Gasteiger partial charge in [-0.3, -0.25) is 0 Å². The number of hydrogen-bond acceptors (Lipinski definition) is 3. The Morgan fingerprint density at radius 2 is 1.76 bits per heavy atom. The van der Waals surface area contributed by atoms with Crippen LogP contribution in [0.25, 0.3) is 0 Å². The van der Waals surface area contributed by atoms with E-state index in [1.165, 1.54) is 0 Å². The summed E-state index contributed by atoms with van der Waals surface area (Å²) in [4.78, 5) is 0. The van der Waals surface area contributed by atoms with E-state index in [0.717, 1.165) is 0 Å². The van der Waals surface area contributed by atoms with Crippen LogP contribution in [0.3, 0.4) is 0 Å².